The summed E-state index contributed by atoms with van der Waals surface area (Å²) >= 11 is 0. The molecule has 1 aromatic rings. The Kier molecular flexibility index (Phi) is 3.93. The highest BCUT2D eigenvalue weighted by Gasteiger charge is 2.35. The monoisotopic (exact) mass is 297 g/mol. The maximum absolute atomic E-state index is 12.4. The van der Waals surface area contributed by atoms with Crippen molar-refractivity contribution >= 4 is 21.8 Å². The summed E-state index contributed by atoms with van der Waals surface area (Å²) in [5.74, 6) is 0. The molecule has 0 bridgehead atoms. The number of nitro groups is 1. The standard InChI is InChI=1S/C11H11N3O5S/c15-8-12-11-2-1-7-13(11)20(18,19)10-5-3-9(4-6-10)14(16)17/h3-6,11H,1-2,7H2. The topological polar surface area (TPSA) is 110 Å². The number of hydrogen-bond acceptors (Lipinski definition) is 6. The number of nitro benzene ring substituents is 1. The molecule has 20 heavy (non-hydrogen) atoms. The zero-order chi connectivity index (χ0) is 14.8. The van der Waals surface area contributed by atoms with Gasteiger partial charge in [0.1, 0.15) is 6.17 Å². The van der Waals surface area contributed by atoms with Crippen LogP contribution in [0.15, 0.2) is 34.2 Å². The second-order valence-electron chi connectivity index (χ2n) is 4.21. The van der Waals surface area contributed by atoms with E-state index in [2.05, 4.69) is 4.99 Å². The van der Waals surface area contributed by atoms with Crippen LogP contribution in [0.25, 0.3) is 0 Å². The first-order chi connectivity index (χ1) is 9.46. The summed E-state index contributed by atoms with van der Waals surface area (Å²) in [6.45, 7) is 0.259. The van der Waals surface area contributed by atoms with Crippen molar-refractivity contribution in [2.45, 2.75) is 23.9 Å². The zero-order valence-electron chi connectivity index (χ0n) is 10.3. The average Bonchev–Trinajstić information content (AvgIpc) is 2.88. The first kappa shape index (κ1) is 14.3. The van der Waals surface area contributed by atoms with Crippen molar-refractivity contribution in [3.63, 3.8) is 0 Å². The second kappa shape index (κ2) is 5.49. The van der Waals surface area contributed by atoms with Gasteiger partial charge in [0.15, 0.2) is 0 Å². The molecule has 1 heterocycles. The van der Waals surface area contributed by atoms with Gasteiger partial charge in [0.2, 0.25) is 16.1 Å². The maximum Gasteiger partial charge on any atom is 0.269 e. The van der Waals surface area contributed by atoms with E-state index < -0.39 is 21.1 Å². The number of carbonyl (C=O) groups excluding carboxylic acids is 1. The maximum atomic E-state index is 12.4. The van der Waals surface area contributed by atoms with Crippen LogP contribution in [0, 0.1) is 10.1 Å². The summed E-state index contributed by atoms with van der Waals surface area (Å²) in [5.41, 5.74) is -0.187. The molecule has 9 heteroatoms. The highest BCUT2D eigenvalue weighted by molar-refractivity contribution is 7.89. The van der Waals surface area contributed by atoms with E-state index in [9.17, 15) is 23.3 Å². The Morgan fingerprint density at radius 3 is 2.55 bits per heavy atom. The van der Waals surface area contributed by atoms with Crippen molar-refractivity contribution in [1.82, 2.24) is 4.31 Å². The first-order valence-corrected chi connectivity index (χ1v) is 7.24. The van der Waals surface area contributed by atoms with Crippen LogP contribution in [0.3, 0.4) is 0 Å². The van der Waals surface area contributed by atoms with Crippen LogP contribution < -0.4 is 0 Å². The molecule has 0 N–H and O–H groups in total. The van der Waals surface area contributed by atoms with Crippen LogP contribution >= 0.6 is 0 Å². The van der Waals surface area contributed by atoms with Crippen LogP contribution in [0.4, 0.5) is 5.69 Å². The molecule has 1 saturated heterocycles. The summed E-state index contributed by atoms with van der Waals surface area (Å²) in [5, 5.41) is 10.5. The predicted molar refractivity (Wildman–Crippen MR) is 68.1 cm³/mol. The third kappa shape index (κ3) is 2.60. The van der Waals surface area contributed by atoms with E-state index in [1.807, 2.05) is 0 Å². The summed E-state index contributed by atoms with van der Waals surface area (Å²) in [7, 11) is -3.81. The first-order valence-electron chi connectivity index (χ1n) is 5.80. The molecular weight excluding hydrogens is 286 g/mol. The molecule has 0 amide bonds. The Morgan fingerprint density at radius 1 is 1.35 bits per heavy atom. The molecule has 1 aliphatic rings. The largest absolute Gasteiger partial charge is 0.269 e. The van der Waals surface area contributed by atoms with E-state index in [1.165, 1.54) is 18.2 Å². The fourth-order valence-corrected chi connectivity index (χ4v) is 3.66. The Hall–Kier alpha value is -2.09. The highest BCUT2D eigenvalue weighted by Crippen LogP contribution is 2.27. The van der Waals surface area contributed by atoms with Gasteiger partial charge in [-0.1, -0.05) is 0 Å². The van der Waals surface area contributed by atoms with Gasteiger partial charge in [0, 0.05) is 18.7 Å². The molecule has 0 spiro atoms. The van der Waals surface area contributed by atoms with E-state index in [1.54, 1.807) is 0 Å². The van der Waals surface area contributed by atoms with Gasteiger partial charge in [-0.05, 0) is 25.0 Å². The van der Waals surface area contributed by atoms with E-state index in [-0.39, 0.29) is 17.1 Å². The Balaban J connectivity index is 2.34. The van der Waals surface area contributed by atoms with Gasteiger partial charge in [0.05, 0.1) is 9.82 Å². The summed E-state index contributed by atoms with van der Waals surface area (Å²) in [6, 6.07) is 4.60. The van der Waals surface area contributed by atoms with E-state index >= 15 is 0 Å². The molecule has 0 radical (unpaired) electrons. The van der Waals surface area contributed by atoms with Crippen molar-refractivity contribution < 1.29 is 18.1 Å². The van der Waals surface area contributed by atoms with Gasteiger partial charge in [-0.2, -0.15) is 9.30 Å². The molecule has 1 fully saturated rings. The number of nitrogens with zero attached hydrogens (tertiary/aromatic N) is 3. The third-order valence-corrected chi connectivity index (χ3v) is 4.94. The van der Waals surface area contributed by atoms with Crippen molar-refractivity contribution in [3.8, 4) is 0 Å². The molecule has 0 saturated carbocycles. The summed E-state index contributed by atoms with van der Waals surface area (Å²) in [4.78, 5) is 23.7. The molecule has 1 atom stereocenters. The normalized spacial score (nSPS) is 19.5. The molecular formula is C11H11N3O5S. The lowest BCUT2D eigenvalue weighted by atomic mass is 10.3. The van der Waals surface area contributed by atoms with Crippen LogP contribution in [-0.2, 0) is 14.8 Å². The Labute approximate surface area is 114 Å². The van der Waals surface area contributed by atoms with E-state index in [0.717, 1.165) is 16.4 Å². The molecule has 2 rings (SSSR count). The third-order valence-electron chi connectivity index (χ3n) is 3.03. The van der Waals surface area contributed by atoms with Gasteiger partial charge in [-0.25, -0.2) is 13.2 Å². The Bertz CT molecular complexity index is 664. The van der Waals surface area contributed by atoms with Gasteiger partial charge in [0.25, 0.3) is 5.69 Å². The predicted octanol–water partition coefficient (Wildman–Crippen LogP) is 1.04. The van der Waals surface area contributed by atoms with Crippen molar-refractivity contribution in [3.05, 3.63) is 34.4 Å². The number of hydrogen-bond donors (Lipinski definition) is 0. The highest BCUT2D eigenvalue weighted by atomic mass is 32.2. The average molecular weight is 297 g/mol. The molecule has 1 aromatic carbocycles. The number of isocyanates is 1. The minimum Gasteiger partial charge on any atom is -0.258 e. The van der Waals surface area contributed by atoms with E-state index in [4.69, 9.17) is 0 Å². The molecule has 0 aromatic heterocycles. The number of non-ortho nitro benzene ring substituents is 1. The molecule has 1 unspecified atom stereocenters. The number of sulfonamides is 1. The lowest BCUT2D eigenvalue weighted by Crippen LogP contribution is -2.34. The van der Waals surface area contributed by atoms with Crippen molar-refractivity contribution in [1.29, 1.82) is 0 Å². The number of benzene rings is 1. The van der Waals surface area contributed by atoms with Gasteiger partial charge < -0.3 is 0 Å². The quantitative estimate of drug-likeness (QED) is 0.357. The minimum atomic E-state index is -3.81. The minimum absolute atomic E-state index is 0.0592. The van der Waals surface area contributed by atoms with Gasteiger partial charge in [-0.3, -0.25) is 10.1 Å². The Morgan fingerprint density at radius 2 is 2.00 bits per heavy atom. The molecule has 8 nitrogen and oxygen atoms in total. The molecule has 106 valence electrons. The van der Waals surface area contributed by atoms with Crippen LogP contribution in [0.2, 0.25) is 0 Å². The van der Waals surface area contributed by atoms with Crippen molar-refractivity contribution in [2.24, 2.45) is 4.99 Å². The second-order valence-corrected chi connectivity index (χ2v) is 6.10. The SMILES string of the molecule is O=C=NC1CCCN1S(=O)(=O)c1ccc([N+](=O)[O-])cc1. The smallest absolute Gasteiger partial charge is 0.258 e. The lowest BCUT2D eigenvalue weighted by molar-refractivity contribution is -0.384. The molecule has 0 aliphatic carbocycles. The number of aliphatic imine (C=N–C) groups is 1. The van der Waals surface area contributed by atoms with Gasteiger partial charge >= 0.3 is 0 Å². The van der Waals surface area contributed by atoms with Crippen LogP contribution in [0.1, 0.15) is 12.8 Å². The fourth-order valence-electron chi connectivity index (χ4n) is 2.07. The summed E-state index contributed by atoms with van der Waals surface area (Å²) < 4.78 is 25.8. The fraction of sp³-hybridized carbons (Fsp3) is 0.364. The van der Waals surface area contributed by atoms with Crippen LogP contribution in [-0.4, -0.2) is 36.4 Å². The zero-order valence-corrected chi connectivity index (χ0v) is 11.1. The lowest BCUT2D eigenvalue weighted by Gasteiger charge is -2.19. The van der Waals surface area contributed by atoms with E-state index in [0.29, 0.717) is 12.8 Å². The molecule has 1 aliphatic heterocycles. The number of rotatable bonds is 4. The van der Waals surface area contributed by atoms with Crippen LogP contribution in [0.5, 0.6) is 0 Å². The van der Waals surface area contributed by atoms with Gasteiger partial charge in [-0.15, -0.1) is 0 Å². The van der Waals surface area contributed by atoms with Crippen molar-refractivity contribution in [2.75, 3.05) is 6.54 Å². The summed E-state index contributed by atoms with van der Waals surface area (Å²) in [6.07, 6.45) is 1.68.